The van der Waals surface area contributed by atoms with Gasteiger partial charge in [-0.25, -0.2) is 14.8 Å². The average Bonchev–Trinajstić information content (AvgIpc) is 3.51. The highest BCUT2D eigenvalue weighted by molar-refractivity contribution is 7.59. The van der Waals surface area contributed by atoms with Crippen LogP contribution in [-0.2, 0) is 23.6 Å². The van der Waals surface area contributed by atoms with Gasteiger partial charge in [0.25, 0.3) is 0 Å². The monoisotopic (exact) mass is 812 g/mol. The van der Waals surface area contributed by atoms with E-state index in [2.05, 4.69) is 29.5 Å². The number of alkyl carbamates (subject to hydrolysis) is 1. The summed E-state index contributed by atoms with van der Waals surface area (Å²) in [5.41, 5.74) is 2.06. The topological polar surface area (TPSA) is 181 Å². The van der Waals surface area contributed by atoms with Crippen LogP contribution in [0.5, 0.6) is 5.75 Å². The van der Waals surface area contributed by atoms with E-state index in [-0.39, 0.29) is 37.5 Å². The molecule has 306 valence electrons. The average molecular weight is 813 g/mol. The van der Waals surface area contributed by atoms with Gasteiger partial charge in [0, 0.05) is 54.6 Å². The second-order valence-electron chi connectivity index (χ2n) is 17.1. The molecule has 3 amide bonds. The zero-order valence-corrected chi connectivity index (χ0v) is 35.4. The van der Waals surface area contributed by atoms with Gasteiger partial charge in [-0.1, -0.05) is 33.8 Å². The van der Waals surface area contributed by atoms with Gasteiger partial charge in [-0.3, -0.25) is 14.2 Å². The van der Waals surface area contributed by atoms with Crippen molar-refractivity contribution < 1.29 is 38.1 Å². The second kappa shape index (κ2) is 16.1. The van der Waals surface area contributed by atoms with E-state index in [9.17, 15) is 23.8 Å². The Morgan fingerprint density at radius 3 is 2.48 bits per heavy atom. The summed E-state index contributed by atoms with van der Waals surface area (Å²) < 4.78 is 31.3. The van der Waals surface area contributed by atoms with Gasteiger partial charge in [0.1, 0.15) is 41.0 Å². The zero-order valence-electron chi connectivity index (χ0n) is 33.7. The van der Waals surface area contributed by atoms with Gasteiger partial charge in [-0.05, 0) is 57.3 Å². The van der Waals surface area contributed by atoms with Gasteiger partial charge in [-0.2, -0.15) is 0 Å². The molecule has 2 aromatic heterocycles. The molecular weight excluding hydrogens is 756 g/mol. The van der Waals surface area contributed by atoms with Crippen molar-refractivity contribution >= 4 is 47.8 Å². The predicted octanol–water partition coefficient (Wildman–Crippen LogP) is 6.87. The first kappa shape index (κ1) is 41.7. The van der Waals surface area contributed by atoms with Crippen molar-refractivity contribution in [1.82, 2.24) is 25.5 Å². The first-order valence-corrected chi connectivity index (χ1v) is 22.5. The van der Waals surface area contributed by atoms with E-state index >= 15 is 0 Å². The smallest absolute Gasteiger partial charge is 0.408 e. The molecule has 2 aromatic rings. The van der Waals surface area contributed by atoms with Gasteiger partial charge in [-0.15, -0.1) is 17.9 Å². The van der Waals surface area contributed by atoms with Gasteiger partial charge in [0.15, 0.2) is 5.13 Å². The van der Waals surface area contributed by atoms with Crippen LogP contribution in [0.2, 0.25) is 0 Å². The number of allylic oxidation sites excluding steroid dienone is 1. The molecule has 2 saturated carbocycles. The molecule has 16 heteroatoms. The molecule has 56 heavy (non-hydrogen) atoms. The number of ether oxygens (including phenoxy) is 3. The minimum atomic E-state index is -3.83. The molecule has 4 aliphatic rings. The molecule has 0 aromatic carbocycles. The summed E-state index contributed by atoms with van der Waals surface area (Å²) in [5, 5.41) is 10.4. The largest absolute Gasteiger partial charge is 0.501 e. The number of carbonyl (C=O) groups excluding carboxylic acids is 3. The number of thiazole rings is 1. The maximum absolute atomic E-state index is 14.7. The Kier molecular flexibility index (Phi) is 12.0. The lowest BCUT2D eigenvalue weighted by Gasteiger charge is -2.35. The van der Waals surface area contributed by atoms with Crippen LogP contribution >= 0.6 is 18.7 Å². The summed E-state index contributed by atoms with van der Waals surface area (Å²) in [6.45, 7) is 16.7. The first-order valence-electron chi connectivity index (χ1n) is 19.5. The number of hydrogen-bond donors (Lipinski definition) is 4. The minimum absolute atomic E-state index is 0.0166. The van der Waals surface area contributed by atoms with E-state index in [0.717, 1.165) is 42.1 Å². The van der Waals surface area contributed by atoms with E-state index in [1.54, 1.807) is 13.2 Å². The van der Waals surface area contributed by atoms with Crippen LogP contribution in [0.15, 0.2) is 29.9 Å². The molecule has 1 aliphatic heterocycles. The van der Waals surface area contributed by atoms with Crippen LogP contribution in [0, 0.1) is 11.3 Å². The van der Waals surface area contributed by atoms with Crippen molar-refractivity contribution in [1.29, 1.82) is 0 Å². The number of amides is 3. The molecule has 1 saturated heterocycles. The third-order valence-electron chi connectivity index (χ3n) is 11.2. The Bertz CT molecular complexity index is 1920. The van der Waals surface area contributed by atoms with Crippen molar-refractivity contribution in [2.75, 3.05) is 25.6 Å². The summed E-state index contributed by atoms with van der Waals surface area (Å²) in [7, 11) is -2.20. The maximum atomic E-state index is 14.7. The highest BCUT2D eigenvalue weighted by atomic mass is 32.1. The lowest BCUT2D eigenvalue weighted by molar-refractivity contribution is -0.142. The number of carbonyl (C=O) groups is 3. The Labute approximate surface area is 333 Å². The molecular formula is C40H57N6O8PS. The molecule has 2 unspecified atom stereocenters. The Balaban J connectivity index is 1.34. The highest BCUT2D eigenvalue weighted by Crippen LogP contribution is 2.67. The summed E-state index contributed by atoms with van der Waals surface area (Å²) >= 11 is 1.48. The molecule has 3 heterocycles. The summed E-state index contributed by atoms with van der Waals surface area (Å²) in [6.07, 6.45) is 6.40. The standard InChI is InChI=1S/C40H57N6O8PS/c1-10-24-19-40(24,55(9,50)51)45-35(47)31-17-27(20-46(31)36(48)34(39(5,6)7)44-38(49)54-25-13-11-12-14-25)53-32-18-28(30-21-56-37(43-30)41-22(2)3)42-29-16-26(52-8)15-23(4)33(29)32/h10,16,18,21-25,27,31,34H,1,11-15,17,19-20H2,2-9H3,(H,41,43)(H,44,49)(H,45,47)(H,50,51)/t23?,24-,27-,31+,34-,40+/m1/s1. The number of hydrogen-bond acceptors (Lipinski definition) is 11. The van der Waals surface area contributed by atoms with Crippen molar-refractivity contribution in [3.8, 4) is 17.1 Å². The van der Waals surface area contributed by atoms with Crippen LogP contribution in [0.3, 0.4) is 0 Å². The van der Waals surface area contributed by atoms with Crippen LogP contribution in [-0.4, -0.2) is 93.6 Å². The summed E-state index contributed by atoms with van der Waals surface area (Å²) in [4.78, 5) is 64.2. The highest BCUT2D eigenvalue weighted by Gasteiger charge is 2.64. The quantitative estimate of drug-likeness (QED) is 0.122. The fourth-order valence-corrected chi connectivity index (χ4v) is 10.5. The number of pyridine rings is 1. The molecule has 0 spiro atoms. The predicted molar refractivity (Wildman–Crippen MR) is 217 cm³/mol. The maximum Gasteiger partial charge on any atom is 0.408 e. The number of methoxy groups -OCH3 is 1. The van der Waals surface area contributed by atoms with Crippen LogP contribution in [0.4, 0.5) is 9.93 Å². The molecule has 7 atom stereocenters. The SMILES string of the molecule is C=C[C@@H]1C[C@]1(NC(=O)[C@@H]1C[C@@H](Oc2cc(-c3csc(NC(C)C)n3)nc3c2C(C)CC(OC)=C3)CN1C(=O)[C@@H](NC(=O)OC1CCCC1)C(C)(C)C)P(C)(=O)O. The van der Waals surface area contributed by atoms with E-state index in [1.807, 2.05) is 52.1 Å². The lowest BCUT2D eigenvalue weighted by Crippen LogP contribution is -2.58. The van der Waals surface area contributed by atoms with Crippen molar-refractivity contribution in [3.63, 3.8) is 0 Å². The molecule has 3 aliphatic carbocycles. The number of fused-ring (bicyclic) bond motifs is 1. The van der Waals surface area contributed by atoms with Crippen LogP contribution in [0.1, 0.15) is 104 Å². The zero-order chi connectivity index (χ0) is 40.7. The van der Waals surface area contributed by atoms with E-state index in [4.69, 9.17) is 24.2 Å². The normalized spacial score (nSPS) is 26.4. The molecule has 0 bridgehead atoms. The van der Waals surface area contributed by atoms with Crippen LogP contribution < -0.4 is 20.7 Å². The van der Waals surface area contributed by atoms with Gasteiger partial charge < -0.3 is 40.0 Å². The Hall–Kier alpha value is -3.94. The van der Waals surface area contributed by atoms with Crippen molar-refractivity contribution in [2.24, 2.45) is 11.3 Å². The van der Waals surface area contributed by atoms with Gasteiger partial charge in [0.2, 0.25) is 19.2 Å². The number of rotatable bonds is 13. The Morgan fingerprint density at radius 2 is 1.88 bits per heavy atom. The summed E-state index contributed by atoms with van der Waals surface area (Å²) in [5.74, 6) is -0.133. The molecule has 14 nitrogen and oxygen atoms in total. The first-order chi connectivity index (χ1) is 26.3. The second-order valence-corrected chi connectivity index (χ2v) is 20.6. The number of nitrogens with zero attached hydrogens (tertiary/aromatic N) is 3. The fourth-order valence-electron chi connectivity index (χ4n) is 8.10. The minimum Gasteiger partial charge on any atom is -0.501 e. The number of aromatic nitrogens is 2. The van der Waals surface area contributed by atoms with Gasteiger partial charge >= 0.3 is 6.09 Å². The summed E-state index contributed by atoms with van der Waals surface area (Å²) in [6, 6.07) is -0.0640. The molecule has 3 fully saturated rings. The fraction of sp³-hybridized carbons (Fsp3) is 0.625. The number of likely N-dealkylation sites (tertiary alicyclic amines) is 1. The number of nitrogens with one attached hydrogen (secondary N) is 3. The number of anilines is 1. The third kappa shape index (κ3) is 8.79. The third-order valence-corrected chi connectivity index (χ3v) is 14.1. The Morgan fingerprint density at radius 1 is 1.16 bits per heavy atom. The van der Waals surface area contributed by atoms with Crippen molar-refractivity contribution in [2.45, 2.75) is 128 Å². The molecule has 0 radical (unpaired) electrons. The van der Waals surface area contributed by atoms with E-state index < -0.39 is 60.1 Å². The van der Waals surface area contributed by atoms with Crippen molar-refractivity contribution in [3.05, 3.63) is 41.1 Å². The van der Waals surface area contributed by atoms with Crippen LogP contribution in [0.25, 0.3) is 17.5 Å². The van der Waals surface area contributed by atoms with E-state index in [0.29, 0.717) is 29.3 Å². The molecule has 6 rings (SSSR count). The lowest BCUT2D eigenvalue weighted by atomic mass is 9.85. The molecule has 4 N–H and O–H groups in total. The van der Waals surface area contributed by atoms with E-state index in [1.165, 1.54) is 22.9 Å². The van der Waals surface area contributed by atoms with Gasteiger partial charge in [0.05, 0.1) is 30.8 Å².